The number of allylic oxidation sites excluding steroid dienone is 3. The lowest BCUT2D eigenvalue weighted by Gasteiger charge is -2.08. The molecule has 4 rings (SSSR count). The Bertz CT molecular complexity index is 1300. The van der Waals surface area contributed by atoms with Gasteiger partial charge < -0.3 is 16.0 Å². The van der Waals surface area contributed by atoms with Crippen LogP contribution in [0.15, 0.2) is 60.7 Å². The van der Waals surface area contributed by atoms with Gasteiger partial charge in [0.2, 0.25) is 0 Å². The Hall–Kier alpha value is -3.58. The van der Waals surface area contributed by atoms with Crippen LogP contribution in [0.25, 0.3) is 23.0 Å². The van der Waals surface area contributed by atoms with Gasteiger partial charge in [-0.1, -0.05) is 17.7 Å². The molecule has 4 N–H and O–H groups in total. The lowest BCUT2D eigenvalue weighted by molar-refractivity contribution is 0.666. The SMILES string of the molecule is C/C=C(F)\C=C/c1nc(CNc2ccc3ncc(-c4ccc(N)cc4Cl)n3c2)[nH]c1C. The normalized spacial score (nSPS) is 12.2. The molecular formula is C23H22ClFN6. The number of H-pyrrole nitrogens is 1. The molecule has 0 saturated carbocycles. The van der Waals surface area contributed by atoms with Crippen molar-refractivity contribution in [2.75, 3.05) is 11.1 Å². The third-order valence-corrected chi connectivity index (χ3v) is 5.19. The van der Waals surface area contributed by atoms with E-state index in [9.17, 15) is 4.39 Å². The molecule has 0 radical (unpaired) electrons. The fourth-order valence-corrected chi connectivity index (χ4v) is 3.53. The fourth-order valence-electron chi connectivity index (χ4n) is 3.25. The minimum Gasteiger partial charge on any atom is -0.399 e. The highest BCUT2D eigenvalue weighted by atomic mass is 35.5. The summed E-state index contributed by atoms with van der Waals surface area (Å²) in [5.41, 5.74) is 11.4. The Kier molecular flexibility index (Phi) is 5.77. The van der Waals surface area contributed by atoms with E-state index in [4.69, 9.17) is 17.3 Å². The molecule has 0 aliphatic rings. The molecular weight excluding hydrogens is 415 g/mol. The Morgan fingerprint density at radius 1 is 1.32 bits per heavy atom. The molecule has 3 heterocycles. The van der Waals surface area contributed by atoms with E-state index in [0.717, 1.165) is 34.1 Å². The standard InChI is InChI=1S/C23H22ClFN6/c1-3-15(25)4-8-20-14(2)29-22(30-20)12-27-17-6-9-23-28-11-21(31(23)13-17)18-7-5-16(26)10-19(18)24/h3-11,13,27H,12,26H2,1-2H3,(H,29,30)/b8-4-,15-3+. The van der Waals surface area contributed by atoms with E-state index in [1.54, 1.807) is 25.3 Å². The predicted molar refractivity (Wildman–Crippen MR) is 125 cm³/mol. The lowest BCUT2D eigenvalue weighted by Crippen LogP contribution is -2.02. The molecule has 0 aliphatic heterocycles. The first-order valence-electron chi connectivity index (χ1n) is 9.76. The van der Waals surface area contributed by atoms with Gasteiger partial charge in [0, 0.05) is 23.1 Å². The maximum atomic E-state index is 13.3. The Balaban J connectivity index is 1.55. The van der Waals surface area contributed by atoms with Crippen molar-refractivity contribution in [2.24, 2.45) is 0 Å². The number of aryl methyl sites for hydroxylation is 1. The van der Waals surface area contributed by atoms with Crippen LogP contribution in [0.3, 0.4) is 0 Å². The van der Waals surface area contributed by atoms with Gasteiger partial charge in [0.25, 0.3) is 0 Å². The van der Waals surface area contributed by atoms with Crippen LogP contribution in [0, 0.1) is 6.92 Å². The number of anilines is 2. The second-order valence-corrected chi connectivity index (χ2v) is 7.49. The molecule has 8 heteroatoms. The summed E-state index contributed by atoms with van der Waals surface area (Å²) < 4.78 is 15.3. The molecule has 3 aromatic heterocycles. The van der Waals surface area contributed by atoms with Crippen molar-refractivity contribution in [3.63, 3.8) is 0 Å². The van der Waals surface area contributed by atoms with E-state index >= 15 is 0 Å². The summed E-state index contributed by atoms with van der Waals surface area (Å²) in [7, 11) is 0. The van der Waals surface area contributed by atoms with Gasteiger partial charge in [-0.15, -0.1) is 0 Å². The second-order valence-electron chi connectivity index (χ2n) is 7.08. The summed E-state index contributed by atoms with van der Waals surface area (Å²) in [5.74, 6) is 0.457. The molecule has 158 valence electrons. The highest BCUT2D eigenvalue weighted by molar-refractivity contribution is 6.33. The van der Waals surface area contributed by atoms with Gasteiger partial charge in [0.05, 0.1) is 34.8 Å². The minimum absolute atomic E-state index is 0.298. The lowest BCUT2D eigenvalue weighted by atomic mass is 10.1. The van der Waals surface area contributed by atoms with Gasteiger partial charge in [0.1, 0.15) is 17.3 Å². The van der Waals surface area contributed by atoms with E-state index < -0.39 is 0 Å². The number of nitrogens with two attached hydrogens (primary N) is 1. The number of fused-ring (bicyclic) bond motifs is 1. The number of imidazole rings is 2. The summed E-state index contributed by atoms with van der Waals surface area (Å²) >= 11 is 6.39. The number of aromatic amines is 1. The summed E-state index contributed by atoms with van der Waals surface area (Å²) in [6.07, 6.45) is 8.21. The second kappa shape index (κ2) is 8.65. The van der Waals surface area contributed by atoms with Crippen molar-refractivity contribution in [3.8, 4) is 11.3 Å². The topological polar surface area (TPSA) is 84.0 Å². The zero-order valence-corrected chi connectivity index (χ0v) is 17.9. The molecule has 0 atom stereocenters. The summed E-state index contributed by atoms with van der Waals surface area (Å²) in [6.45, 7) is 4.04. The monoisotopic (exact) mass is 436 g/mol. The Labute approximate surface area is 184 Å². The molecule has 0 amide bonds. The number of aromatic nitrogens is 4. The Morgan fingerprint density at radius 2 is 2.16 bits per heavy atom. The van der Waals surface area contributed by atoms with Gasteiger partial charge in [-0.3, -0.25) is 4.40 Å². The van der Waals surface area contributed by atoms with Crippen molar-refractivity contribution in [2.45, 2.75) is 20.4 Å². The van der Waals surface area contributed by atoms with Crippen molar-refractivity contribution in [3.05, 3.63) is 82.9 Å². The van der Waals surface area contributed by atoms with E-state index in [2.05, 4.69) is 20.3 Å². The fraction of sp³-hybridized carbons (Fsp3) is 0.130. The van der Waals surface area contributed by atoms with Gasteiger partial charge in [-0.05, 0) is 56.3 Å². The number of pyridine rings is 1. The first-order chi connectivity index (χ1) is 14.9. The number of nitrogens with zero attached hydrogens (tertiary/aromatic N) is 3. The van der Waals surface area contributed by atoms with Crippen LogP contribution < -0.4 is 11.1 Å². The third kappa shape index (κ3) is 4.46. The molecule has 0 unspecified atom stereocenters. The molecule has 0 saturated heterocycles. The van der Waals surface area contributed by atoms with E-state index in [-0.39, 0.29) is 5.83 Å². The number of hydrogen-bond donors (Lipinski definition) is 3. The number of nitrogens with one attached hydrogen (secondary N) is 2. The molecule has 0 bridgehead atoms. The molecule has 6 nitrogen and oxygen atoms in total. The van der Waals surface area contributed by atoms with Gasteiger partial charge >= 0.3 is 0 Å². The van der Waals surface area contributed by atoms with Crippen molar-refractivity contribution < 1.29 is 4.39 Å². The van der Waals surface area contributed by atoms with Crippen molar-refractivity contribution in [1.82, 2.24) is 19.4 Å². The summed E-state index contributed by atoms with van der Waals surface area (Å²) in [6, 6.07) is 9.31. The predicted octanol–water partition coefficient (Wildman–Crippen LogP) is 5.77. The highest BCUT2D eigenvalue weighted by Gasteiger charge is 2.11. The maximum Gasteiger partial charge on any atom is 0.137 e. The Morgan fingerprint density at radius 3 is 2.94 bits per heavy atom. The number of benzene rings is 1. The van der Waals surface area contributed by atoms with Crippen molar-refractivity contribution >= 4 is 34.7 Å². The highest BCUT2D eigenvalue weighted by Crippen LogP contribution is 2.30. The number of hydrogen-bond acceptors (Lipinski definition) is 4. The maximum absolute atomic E-state index is 13.3. The van der Waals surface area contributed by atoms with Crippen LogP contribution in [-0.2, 0) is 6.54 Å². The molecule has 1 aromatic carbocycles. The van der Waals surface area contributed by atoms with Crippen LogP contribution in [0.2, 0.25) is 5.02 Å². The van der Waals surface area contributed by atoms with E-state index in [0.29, 0.717) is 22.9 Å². The molecule has 0 aliphatic carbocycles. The molecule has 4 aromatic rings. The number of halogens is 2. The van der Waals surface area contributed by atoms with E-state index in [1.165, 1.54) is 12.2 Å². The minimum atomic E-state index is -0.298. The molecule has 31 heavy (non-hydrogen) atoms. The van der Waals surface area contributed by atoms with E-state index in [1.807, 2.05) is 41.8 Å². The van der Waals surface area contributed by atoms with Gasteiger partial charge in [0.15, 0.2) is 0 Å². The van der Waals surface area contributed by atoms with Crippen LogP contribution in [0.1, 0.15) is 24.1 Å². The number of rotatable bonds is 6. The molecule has 0 fully saturated rings. The number of nitrogen functional groups attached to an aromatic ring is 1. The smallest absolute Gasteiger partial charge is 0.137 e. The summed E-state index contributed by atoms with van der Waals surface area (Å²) in [5, 5.41) is 3.93. The van der Waals surface area contributed by atoms with Crippen LogP contribution >= 0.6 is 11.6 Å². The third-order valence-electron chi connectivity index (χ3n) is 4.88. The summed E-state index contributed by atoms with van der Waals surface area (Å²) in [4.78, 5) is 12.2. The van der Waals surface area contributed by atoms with Gasteiger partial charge in [-0.25, -0.2) is 14.4 Å². The zero-order chi connectivity index (χ0) is 22.0. The average Bonchev–Trinajstić information content (AvgIpc) is 3.33. The zero-order valence-electron chi connectivity index (χ0n) is 17.2. The van der Waals surface area contributed by atoms with Crippen LogP contribution in [-0.4, -0.2) is 19.4 Å². The van der Waals surface area contributed by atoms with Crippen LogP contribution in [0.4, 0.5) is 15.8 Å². The van der Waals surface area contributed by atoms with Gasteiger partial charge in [-0.2, -0.15) is 0 Å². The largest absolute Gasteiger partial charge is 0.399 e. The average molecular weight is 437 g/mol. The first-order valence-corrected chi connectivity index (χ1v) is 10.1. The quantitative estimate of drug-likeness (QED) is 0.265. The first kappa shape index (κ1) is 20.7. The van der Waals surface area contributed by atoms with Crippen LogP contribution in [0.5, 0.6) is 0 Å². The molecule has 0 spiro atoms. The van der Waals surface area contributed by atoms with Crippen molar-refractivity contribution in [1.29, 1.82) is 0 Å².